The SMILES string of the molecule is CCCCCCCCCc1ccc(OOOOCCCCCCS(=O)(=O)O)cc1. The van der Waals surface area contributed by atoms with Crippen LogP contribution in [0.2, 0.25) is 0 Å². The van der Waals surface area contributed by atoms with Gasteiger partial charge in [0, 0.05) is 5.04 Å². The van der Waals surface area contributed by atoms with Crippen LogP contribution >= 0.6 is 0 Å². The molecule has 0 radical (unpaired) electrons. The van der Waals surface area contributed by atoms with Crippen LogP contribution < -0.4 is 4.89 Å². The van der Waals surface area contributed by atoms with E-state index in [2.05, 4.69) is 17.0 Å². The Bertz CT molecular complexity index is 602. The van der Waals surface area contributed by atoms with Crippen LogP contribution in [0.3, 0.4) is 0 Å². The molecule has 0 bridgehead atoms. The lowest BCUT2D eigenvalue weighted by Gasteiger charge is -2.05. The molecule has 29 heavy (non-hydrogen) atoms. The number of rotatable bonds is 19. The first kappa shape index (κ1) is 25.8. The summed E-state index contributed by atoms with van der Waals surface area (Å²) >= 11 is 0. The molecule has 0 unspecified atom stereocenters. The molecule has 0 amide bonds. The molecule has 1 aromatic rings. The van der Waals surface area contributed by atoms with Crippen molar-refractivity contribution >= 4 is 10.1 Å². The van der Waals surface area contributed by atoms with Gasteiger partial charge in [0.25, 0.3) is 10.1 Å². The van der Waals surface area contributed by atoms with Crippen LogP contribution in [0.25, 0.3) is 0 Å². The van der Waals surface area contributed by atoms with Crippen LogP contribution in [0.1, 0.15) is 83.1 Å². The zero-order valence-corrected chi connectivity index (χ0v) is 18.3. The summed E-state index contributed by atoms with van der Waals surface area (Å²) in [7, 11) is -3.86. The topological polar surface area (TPSA) is 91.3 Å². The van der Waals surface area contributed by atoms with Gasteiger partial charge in [0.15, 0.2) is 5.75 Å². The highest BCUT2D eigenvalue weighted by atomic mass is 32.2. The van der Waals surface area contributed by atoms with Crippen molar-refractivity contribution in [2.45, 2.75) is 84.0 Å². The van der Waals surface area contributed by atoms with Crippen molar-refractivity contribution < 1.29 is 32.8 Å². The van der Waals surface area contributed by atoms with Crippen molar-refractivity contribution in [1.82, 2.24) is 0 Å². The van der Waals surface area contributed by atoms with E-state index in [-0.39, 0.29) is 5.75 Å². The molecule has 7 nitrogen and oxygen atoms in total. The third-order valence-corrected chi connectivity index (χ3v) is 5.38. The predicted octanol–water partition coefficient (Wildman–Crippen LogP) is 5.60. The van der Waals surface area contributed by atoms with Crippen LogP contribution in [0.5, 0.6) is 5.75 Å². The molecule has 0 heterocycles. The minimum Gasteiger partial charge on any atom is -0.306 e. The van der Waals surface area contributed by atoms with Gasteiger partial charge in [-0.05, 0) is 48.4 Å². The van der Waals surface area contributed by atoms with E-state index in [0.717, 1.165) is 12.8 Å². The lowest BCUT2D eigenvalue weighted by Crippen LogP contribution is -2.04. The maximum absolute atomic E-state index is 10.6. The molecular formula is C21H36O7S. The Labute approximate surface area is 175 Å². The Kier molecular flexibility index (Phi) is 14.8. The number of aryl methyl sites for hydroxylation is 1. The van der Waals surface area contributed by atoms with Crippen LogP contribution in [0.4, 0.5) is 0 Å². The van der Waals surface area contributed by atoms with Crippen LogP contribution in [0, 0.1) is 0 Å². The zero-order valence-electron chi connectivity index (χ0n) is 17.5. The smallest absolute Gasteiger partial charge is 0.264 e. The Morgan fingerprint density at radius 2 is 1.41 bits per heavy atom. The highest BCUT2D eigenvalue weighted by Gasteiger charge is 2.03. The Hall–Kier alpha value is -1.19. The van der Waals surface area contributed by atoms with Gasteiger partial charge in [0.2, 0.25) is 0 Å². The van der Waals surface area contributed by atoms with Gasteiger partial charge < -0.3 is 4.89 Å². The zero-order chi connectivity index (χ0) is 21.2. The minimum atomic E-state index is -3.86. The van der Waals surface area contributed by atoms with E-state index < -0.39 is 10.1 Å². The van der Waals surface area contributed by atoms with Gasteiger partial charge in [0.1, 0.15) is 0 Å². The monoisotopic (exact) mass is 432 g/mol. The van der Waals surface area contributed by atoms with Gasteiger partial charge in [-0.1, -0.05) is 70.4 Å². The van der Waals surface area contributed by atoms with Gasteiger partial charge in [-0.3, -0.25) is 4.55 Å². The molecule has 0 aromatic heterocycles. The Balaban J connectivity index is 1.96. The van der Waals surface area contributed by atoms with Crippen molar-refractivity contribution in [2.75, 3.05) is 12.4 Å². The number of benzene rings is 1. The normalized spacial score (nSPS) is 11.7. The average Bonchev–Trinajstić information content (AvgIpc) is 2.69. The molecule has 1 rings (SSSR count). The van der Waals surface area contributed by atoms with E-state index >= 15 is 0 Å². The molecule has 0 saturated carbocycles. The van der Waals surface area contributed by atoms with Crippen LogP contribution in [-0.2, 0) is 31.5 Å². The van der Waals surface area contributed by atoms with E-state index in [4.69, 9.17) is 14.3 Å². The summed E-state index contributed by atoms with van der Waals surface area (Å²) in [6.07, 6.45) is 12.7. The maximum Gasteiger partial charge on any atom is 0.264 e. The summed E-state index contributed by atoms with van der Waals surface area (Å²) in [6, 6.07) is 7.69. The van der Waals surface area contributed by atoms with Crippen LogP contribution in [0.15, 0.2) is 24.3 Å². The largest absolute Gasteiger partial charge is 0.306 e. The predicted molar refractivity (Wildman–Crippen MR) is 112 cm³/mol. The number of unbranched alkanes of at least 4 members (excludes halogenated alkanes) is 9. The molecule has 0 aliphatic heterocycles. The second kappa shape index (κ2) is 16.6. The molecule has 0 saturated heterocycles. The molecule has 0 fully saturated rings. The van der Waals surface area contributed by atoms with Gasteiger partial charge in [0.05, 0.1) is 12.4 Å². The number of hydrogen-bond donors (Lipinski definition) is 1. The third-order valence-electron chi connectivity index (χ3n) is 4.58. The van der Waals surface area contributed by atoms with E-state index in [9.17, 15) is 8.42 Å². The lowest BCUT2D eigenvalue weighted by molar-refractivity contribution is -0.607. The standard InChI is InChI=1S/C21H36O7S/c1-2-3-4-5-6-7-10-13-20-14-16-21(17-15-20)26-28-27-25-18-11-8-9-12-19-29(22,23)24/h14-17H,2-13,18-19H2,1H3,(H,22,23,24). The fourth-order valence-corrected chi connectivity index (χ4v) is 3.47. The van der Waals surface area contributed by atoms with Crippen molar-refractivity contribution in [3.63, 3.8) is 0 Å². The second-order valence-corrected chi connectivity index (χ2v) is 8.83. The summed E-state index contributed by atoms with van der Waals surface area (Å²) < 4.78 is 29.7. The molecule has 168 valence electrons. The molecular weight excluding hydrogens is 396 g/mol. The summed E-state index contributed by atoms with van der Waals surface area (Å²) in [5, 5.41) is 9.03. The fourth-order valence-electron chi connectivity index (χ4n) is 2.90. The summed E-state index contributed by atoms with van der Waals surface area (Å²) in [4.78, 5) is 9.79. The first-order chi connectivity index (χ1) is 14.0. The molecule has 0 spiro atoms. The van der Waals surface area contributed by atoms with Gasteiger partial charge in [-0.15, -0.1) is 0 Å². The van der Waals surface area contributed by atoms with E-state index in [1.807, 2.05) is 24.3 Å². The number of hydrogen-bond acceptors (Lipinski definition) is 6. The highest BCUT2D eigenvalue weighted by Crippen LogP contribution is 2.15. The fraction of sp³-hybridized carbons (Fsp3) is 0.714. The maximum atomic E-state index is 10.6. The average molecular weight is 433 g/mol. The lowest BCUT2D eigenvalue weighted by atomic mass is 10.0. The van der Waals surface area contributed by atoms with E-state index in [1.54, 1.807) is 0 Å². The first-order valence-corrected chi connectivity index (χ1v) is 12.3. The third kappa shape index (κ3) is 16.3. The first-order valence-electron chi connectivity index (χ1n) is 10.7. The summed E-state index contributed by atoms with van der Waals surface area (Å²) in [5.74, 6) is 0.321. The van der Waals surface area contributed by atoms with E-state index in [1.165, 1.54) is 50.5 Å². The highest BCUT2D eigenvalue weighted by molar-refractivity contribution is 7.85. The van der Waals surface area contributed by atoms with Gasteiger partial charge in [-0.25, -0.2) is 4.89 Å². The Morgan fingerprint density at radius 3 is 2.10 bits per heavy atom. The second-order valence-electron chi connectivity index (χ2n) is 7.26. The van der Waals surface area contributed by atoms with Gasteiger partial charge in [-0.2, -0.15) is 8.42 Å². The summed E-state index contributed by atoms with van der Waals surface area (Å²) in [6.45, 7) is 2.53. The summed E-state index contributed by atoms with van der Waals surface area (Å²) in [5.41, 5.74) is 1.28. The molecule has 0 aliphatic rings. The van der Waals surface area contributed by atoms with Crippen molar-refractivity contribution in [2.24, 2.45) is 0 Å². The van der Waals surface area contributed by atoms with Crippen molar-refractivity contribution in [3.8, 4) is 5.75 Å². The molecule has 1 aromatic carbocycles. The van der Waals surface area contributed by atoms with Gasteiger partial charge >= 0.3 is 0 Å². The molecule has 0 aliphatic carbocycles. The Morgan fingerprint density at radius 1 is 0.793 bits per heavy atom. The van der Waals surface area contributed by atoms with Crippen LogP contribution in [-0.4, -0.2) is 25.3 Å². The molecule has 0 atom stereocenters. The minimum absolute atomic E-state index is 0.209. The van der Waals surface area contributed by atoms with E-state index in [0.29, 0.717) is 31.6 Å². The molecule has 1 N–H and O–H groups in total. The van der Waals surface area contributed by atoms with Crippen molar-refractivity contribution in [1.29, 1.82) is 0 Å². The molecule has 8 heteroatoms. The quantitative estimate of drug-likeness (QED) is 0.132. The van der Waals surface area contributed by atoms with Crippen molar-refractivity contribution in [3.05, 3.63) is 29.8 Å².